The van der Waals surface area contributed by atoms with Crippen LogP contribution in [-0.4, -0.2) is 20.9 Å². The number of hydrogen-bond acceptors (Lipinski definition) is 7. The van der Waals surface area contributed by atoms with Crippen molar-refractivity contribution in [2.75, 3.05) is 5.32 Å². The quantitative estimate of drug-likeness (QED) is 0.414. The molecule has 4 aromatic heterocycles. The topological polar surface area (TPSA) is 77.0 Å². The van der Waals surface area contributed by atoms with Crippen molar-refractivity contribution >= 4 is 50.3 Å². The molecule has 0 aliphatic heterocycles. The van der Waals surface area contributed by atoms with Crippen LogP contribution in [0.5, 0.6) is 5.75 Å². The monoisotopic (exact) mass is 472 g/mol. The number of hydrogen-bond donors (Lipinski definition) is 1. The molecule has 0 aliphatic carbocycles. The first-order chi connectivity index (χ1) is 13.7. The molecule has 0 unspecified atom stereocenters. The van der Waals surface area contributed by atoms with E-state index in [2.05, 4.69) is 36.2 Å². The number of carbonyl (C=O) groups excluding carboxylic acids is 1. The van der Waals surface area contributed by atoms with Gasteiger partial charge in [0.1, 0.15) is 17.3 Å². The number of thiophene rings is 1. The second kappa shape index (κ2) is 8.59. The number of aromatic nitrogens is 3. The van der Waals surface area contributed by atoms with Crippen LogP contribution in [0.15, 0.2) is 64.2 Å². The highest BCUT2D eigenvalue weighted by molar-refractivity contribution is 9.10. The van der Waals surface area contributed by atoms with Gasteiger partial charge in [0.05, 0.1) is 4.88 Å². The van der Waals surface area contributed by atoms with Crippen molar-refractivity contribution in [1.29, 1.82) is 0 Å². The van der Waals surface area contributed by atoms with Crippen molar-refractivity contribution in [2.24, 2.45) is 0 Å². The first kappa shape index (κ1) is 18.7. The molecule has 0 fully saturated rings. The van der Waals surface area contributed by atoms with E-state index < -0.39 is 0 Å². The van der Waals surface area contributed by atoms with E-state index in [9.17, 15) is 4.79 Å². The maximum absolute atomic E-state index is 12.6. The zero-order valence-corrected chi connectivity index (χ0v) is 17.6. The number of ether oxygens (including phenoxy) is 1. The molecule has 0 bridgehead atoms. The van der Waals surface area contributed by atoms with Crippen molar-refractivity contribution < 1.29 is 9.53 Å². The fourth-order valence-corrected chi connectivity index (χ4v) is 4.64. The Hall–Kier alpha value is -2.62. The molecule has 0 atom stereocenters. The molecule has 0 spiro atoms. The molecule has 9 heteroatoms. The second-order valence-electron chi connectivity index (χ2n) is 5.62. The van der Waals surface area contributed by atoms with Gasteiger partial charge < -0.3 is 10.1 Å². The minimum atomic E-state index is -0.328. The molecular weight excluding hydrogens is 460 g/mol. The molecule has 0 aromatic carbocycles. The summed E-state index contributed by atoms with van der Waals surface area (Å²) in [5.41, 5.74) is 1.32. The molecule has 1 amide bonds. The fourth-order valence-electron chi connectivity index (χ4n) is 2.33. The highest BCUT2D eigenvalue weighted by atomic mass is 79.9. The summed E-state index contributed by atoms with van der Waals surface area (Å²) in [7, 11) is 0. The van der Waals surface area contributed by atoms with Crippen LogP contribution in [0.3, 0.4) is 0 Å². The van der Waals surface area contributed by atoms with Crippen molar-refractivity contribution in [3.05, 3.63) is 75.4 Å². The Labute approximate surface area is 177 Å². The van der Waals surface area contributed by atoms with E-state index in [0.717, 1.165) is 19.9 Å². The van der Waals surface area contributed by atoms with Gasteiger partial charge in [-0.25, -0.2) is 9.97 Å². The van der Waals surface area contributed by atoms with Gasteiger partial charge in [-0.05, 0) is 51.8 Å². The Morgan fingerprint density at radius 3 is 2.79 bits per heavy atom. The largest absolute Gasteiger partial charge is 0.485 e. The van der Waals surface area contributed by atoms with Gasteiger partial charge >= 0.3 is 0 Å². The van der Waals surface area contributed by atoms with E-state index in [1.807, 2.05) is 23.6 Å². The third-order valence-corrected chi connectivity index (χ3v) is 6.36. The molecular formula is C19H13BrN4O2S2. The molecule has 6 nitrogen and oxygen atoms in total. The molecule has 0 aliphatic rings. The van der Waals surface area contributed by atoms with Crippen LogP contribution in [0.2, 0.25) is 0 Å². The summed E-state index contributed by atoms with van der Waals surface area (Å²) in [6.45, 7) is 0.352. The first-order valence-electron chi connectivity index (χ1n) is 8.17. The van der Waals surface area contributed by atoms with Crippen molar-refractivity contribution in [3.63, 3.8) is 0 Å². The summed E-state index contributed by atoms with van der Waals surface area (Å²) in [6, 6.07) is 9.24. The minimum absolute atomic E-state index is 0.328. The maximum Gasteiger partial charge on any atom is 0.276 e. The number of halogens is 1. The number of amides is 1. The van der Waals surface area contributed by atoms with E-state index in [4.69, 9.17) is 4.74 Å². The van der Waals surface area contributed by atoms with Crippen LogP contribution in [0, 0.1) is 0 Å². The van der Waals surface area contributed by atoms with Crippen molar-refractivity contribution in [2.45, 2.75) is 6.61 Å². The summed E-state index contributed by atoms with van der Waals surface area (Å²) >= 11 is 6.43. The van der Waals surface area contributed by atoms with Gasteiger partial charge in [0.15, 0.2) is 11.6 Å². The molecule has 4 aromatic rings. The highest BCUT2D eigenvalue weighted by Crippen LogP contribution is 2.32. The van der Waals surface area contributed by atoms with Gasteiger partial charge in [-0.2, -0.15) is 0 Å². The Balaban J connectivity index is 1.47. The SMILES string of the molecule is O=C(Nc1ncccc1OCc1ccncc1)c1csc(-c2cc(Br)cs2)n1. The highest BCUT2D eigenvalue weighted by Gasteiger charge is 2.16. The smallest absolute Gasteiger partial charge is 0.276 e. The standard InChI is InChI=1S/C19H13BrN4O2S2/c20-13-8-16(27-10-13)19-23-14(11-28-19)18(25)24-17-15(2-1-5-22-17)26-9-12-3-6-21-7-4-12/h1-8,10-11H,9H2,(H,22,24,25). The predicted octanol–water partition coefficient (Wildman–Crippen LogP) is 5.26. The zero-order valence-electron chi connectivity index (χ0n) is 14.3. The van der Waals surface area contributed by atoms with Gasteiger partial charge in [-0.3, -0.25) is 9.78 Å². The number of pyridine rings is 2. The lowest BCUT2D eigenvalue weighted by atomic mass is 10.3. The molecule has 140 valence electrons. The van der Waals surface area contributed by atoms with Gasteiger partial charge in [-0.15, -0.1) is 22.7 Å². The summed E-state index contributed by atoms with van der Waals surface area (Å²) in [6.07, 6.45) is 5.01. The first-order valence-corrected chi connectivity index (χ1v) is 10.7. The van der Waals surface area contributed by atoms with Crippen LogP contribution in [0.4, 0.5) is 5.82 Å². The van der Waals surface area contributed by atoms with E-state index >= 15 is 0 Å². The summed E-state index contributed by atoms with van der Waals surface area (Å²) in [5, 5.41) is 7.30. The van der Waals surface area contributed by atoms with Gasteiger partial charge in [-0.1, -0.05) is 0 Å². The van der Waals surface area contributed by atoms with E-state index in [1.54, 1.807) is 47.4 Å². The van der Waals surface area contributed by atoms with Gasteiger partial charge in [0.2, 0.25) is 0 Å². The average Bonchev–Trinajstić information content (AvgIpc) is 3.37. The van der Waals surface area contributed by atoms with Crippen LogP contribution in [0.25, 0.3) is 9.88 Å². The third kappa shape index (κ3) is 4.44. The normalized spacial score (nSPS) is 10.6. The Bertz CT molecular complexity index is 1100. The molecule has 0 saturated heterocycles. The van der Waals surface area contributed by atoms with Gasteiger partial charge in [0.25, 0.3) is 5.91 Å². The predicted molar refractivity (Wildman–Crippen MR) is 114 cm³/mol. The number of anilines is 1. The summed E-state index contributed by atoms with van der Waals surface area (Å²) < 4.78 is 6.81. The Morgan fingerprint density at radius 1 is 1.14 bits per heavy atom. The van der Waals surface area contributed by atoms with Crippen LogP contribution < -0.4 is 10.1 Å². The van der Waals surface area contributed by atoms with Crippen LogP contribution in [0.1, 0.15) is 16.1 Å². The Kier molecular flexibility index (Phi) is 5.75. The van der Waals surface area contributed by atoms with E-state index in [1.165, 1.54) is 11.3 Å². The number of nitrogens with one attached hydrogen (secondary N) is 1. The lowest BCUT2D eigenvalue weighted by Crippen LogP contribution is -2.14. The molecule has 0 radical (unpaired) electrons. The van der Waals surface area contributed by atoms with Crippen molar-refractivity contribution in [3.8, 4) is 15.6 Å². The van der Waals surface area contributed by atoms with Crippen LogP contribution >= 0.6 is 38.6 Å². The summed E-state index contributed by atoms with van der Waals surface area (Å²) in [4.78, 5) is 26.3. The maximum atomic E-state index is 12.6. The van der Waals surface area contributed by atoms with E-state index in [0.29, 0.717) is 23.9 Å². The second-order valence-corrected chi connectivity index (χ2v) is 8.30. The molecule has 4 heterocycles. The number of rotatable bonds is 6. The number of nitrogens with zero attached hydrogens (tertiary/aromatic N) is 3. The number of thiazole rings is 1. The summed E-state index contributed by atoms with van der Waals surface area (Å²) in [5.74, 6) is 0.519. The van der Waals surface area contributed by atoms with Gasteiger partial charge in [0, 0.05) is 33.8 Å². The average molecular weight is 473 g/mol. The lowest BCUT2D eigenvalue weighted by Gasteiger charge is -2.10. The molecule has 28 heavy (non-hydrogen) atoms. The van der Waals surface area contributed by atoms with Crippen molar-refractivity contribution in [1.82, 2.24) is 15.0 Å². The molecule has 0 saturated carbocycles. The molecule has 1 N–H and O–H groups in total. The third-order valence-electron chi connectivity index (χ3n) is 3.66. The van der Waals surface area contributed by atoms with Crippen LogP contribution in [-0.2, 0) is 6.61 Å². The lowest BCUT2D eigenvalue weighted by molar-refractivity contribution is 0.102. The Morgan fingerprint density at radius 2 is 2.00 bits per heavy atom. The van der Waals surface area contributed by atoms with E-state index in [-0.39, 0.29) is 5.91 Å². The zero-order chi connectivity index (χ0) is 19.3. The molecule has 4 rings (SSSR count). The number of carbonyl (C=O) groups is 1. The minimum Gasteiger partial charge on any atom is -0.485 e. The fraction of sp³-hybridized carbons (Fsp3) is 0.0526.